The zero-order chi connectivity index (χ0) is 22.4. The topological polar surface area (TPSA) is 62.8 Å². The maximum absolute atomic E-state index is 12.2. The zero-order valence-corrected chi connectivity index (χ0v) is 19.1. The highest BCUT2D eigenvalue weighted by molar-refractivity contribution is 6.39. The molecule has 0 unspecified atom stereocenters. The summed E-state index contributed by atoms with van der Waals surface area (Å²) in [6.07, 6.45) is 0. The van der Waals surface area contributed by atoms with Gasteiger partial charge in [-0.25, -0.2) is 4.79 Å². The van der Waals surface area contributed by atoms with Crippen LogP contribution in [0, 0.1) is 20.8 Å². The SMILES string of the molecule is CCN=c1cc2oc3cc(C)c(C)cc3c(-c3c(Cl)ccc(Cl)c3C(=O)O)c-2cc1C. The van der Waals surface area contributed by atoms with E-state index >= 15 is 0 Å². The first-order valence-electron chi connectivity index (χ1n) is 9.93. The van der Waals surface area contributed by atoms with Crippen LogP contribution in [0.2, 0.25) is 10.0 Å². The largest absolute Gasteiger partial charge is 0.478 e. The van der Waals surface area contributed by atoms with E-state index in [2.05, 4.69) is 4.99 Å². The number of carbonyl (C=O) groups is 1. The van der Waals surface area contributed by atoms with E-state index in [1.54, 1.807) is 6.07 Å². The number of aryl methyl sites for hydroxylation is 3. The Morgan fingerprint density at radius 2 is 1.65 bits per heavy atom. The predicted octanol–water partition coefficient (Wildman–Crippen LogP) is 7.06. The van der Waals surface area contributed by atoms with Crippen molar-refractivity contribution in [1.82, 2.24) is 0 Å². The summed E-state index contributed by atoms with van der Waals surface area (Å²) >= 11 is 12.9. The standard InChI is InChI=1S/C25H21Cl2NO3/c1-5-28-19-11-21-16(9-14(19)4)22(15-8-12(2)13(3)10-20(15)31-21)23-17(26)6-7-18(27)24(23)25(29)30/h6-11H,5H2,1-4H3,(H,29,30). The molecule has 0 spiro atoms. The number of aromatic carboxylic acids is 1. The van der Waals surface area contributed by atoms with Crippen LogP contribution in [-0.2, 0) is 0 Å². The molecule has 0 amide bonds. The fourth-order valence-electron chi connectivity index (χ4n) is 3.91. The van der Waals surface area contributed by atoms with E-state index in [0.29, 0.717) is 34.0 Å². The Morgan fingerprint density at radius 3 is 2.32 bits per heavy atom. The summed E-state index contributed by atoms with van der Waals surface area (Å²) in [6.45, 7) is 8.61. The van der Waals surface area contributed by atoms with Crippen molar-refractivity contribution >= 4 is 40.1 Å². The van der Waals surface area contributed by atoms with E-state index in [4.69, 9.17) is 27.6 Å². The normalized spacial score (nSPS) is 12.1. The molecule has 2 aromatic carbocycles. The number of hydrogen-bond acceptors (Lipinski definition) is 3. The first-order valence-corrected chi connectivity index (χ1v) is 10.7. The number of carboxylic acids is 1. The van der Waals surface area contributed by atoms with E-state index in [0.717, 1.165) is 33.0 Å². The molecule has 31 heavy (non-hydrogen) atoms. The highest BCUT2D eigenvalue weighted by Crippen LogP contribution is 2.46. The lowest BCUT2D eigenvalue weighted by molar-refractivity contribution is 0.0698. The maximum Gasteiger partial charge on any atom is 0.337 e. The Balaban J connectivity index is 2.30. The van der Waals surface area contributed by atoms with Gasteiger partial charge in [0.15, 0.2) is 0 Å². The minimum absolute atomic E-state index is 0.0267. The first-order chi connectivity index (χ1) is 14.7. The smallest absolute Gasteiger partial charge is 0.337 e. The van der Waals surface area contributed by atoms with Crippen LogP contribution >= 0.6 is 23.2 Å². The third kappa shape index (κ3) is 3.60. The number of hydrogen-bond donors (Lipinski definition) is 1. The van der Waals surface area contributed by atoms with Crippen LogP contribution in [0.5, 0.6) is 0 Å². The van der Waals surface area contributed by atoms with Gasteiger partial charge in [-0.3, -0.25) is 4.99 Å². The first kappa shape index (κ1) is 21.4. The van der Waals surface area contributed by atoms with Crippen molar-refractivity contribution in [1.29, 1.82) is 0 Å². The molecule has 0 saturated heterocycles. The average Bonchev–Trinajstić information content (AvgIpc) is 2.70. The molecule has 0 atom stereocenters. The lowest BCUT2D eigenvalue weighted by Gasteiger charge is -2.20. The second-order valence-electron chi connectivity index (χ2n) is 7.60. The fraction of sp³-hybridized carbons (Fsp3) is 0.200. The third-order valence-corrected chi connectivity index (χ3v) is 6.18. The summed E-state index contributed by atoms with van der Waals surface area (Å²) in [7, 11) is 0. The summed E-state index contributed by atoms with van der Waals surface area (Å²) in [4.78, 5) is 16.7. The van der Waals surface area contributed by atoms with Crippen LogP contribution < -0.4 is 5.36 Å². The van der Waals surface area contributed by atoms with Crippen molar-refractivity contribution in [3.63, 3.8) is 0 Å². The molecule has 1 heterocycles. The monoisotopic (exact) mass is 453 g/mol. The van der Waals surface area contributed by atoms with Gasteiger partial charge in [-0.15, -0.1) is 0 Å². The van der Waals surface area contributed by atoms with Gasteiger partial charge < -0.3 is 9.52 Å². The van der Waals surface area contributed by atoms with Crippen molar-refractivity contribution in [2.24, 2.45) is 4.99 Å². The molecule has 0 aromatic heterocycles. The Labute approximate surface area is 190 Å². The van der Waals surface area contributed by atoms with E-state index in [9.17, 15) is 9.90 Å². The van der Waals surface area contributed by atoms with Crippen LogP contribution in [0.15, 0.2) is 45.8 Å². The molecule has 0 radical (unpaired) electrons. The molecule has 1 aliphatic heterocycles. The van der Waals surface area contributed by atoms with Gasteiger partial charge in [-0.2, -0.15) is 0 Å². The predicted molar refractivity (Wildman–Crippen MR) is 126 cm³/mol. The molecule has 1 N–H and O–H groups in total. The summed E-state index contributed by atoms with van der Waals surface area (Å²) in [5.74, 6) is -0.529. The molecule has 1 aliphatic carbocycles. The zero-order valence-electron chi connectivity index (χ0n) is 17.6. The Morgan fingerprint density at radius 1 is 0.968 bits per heavy atom. The quantitative estimate of drug-likeness (QED) is 0.337. The number of halogens is 2. The lowest BCUT2D eigenvalue weighted by atomic mass is 9.89. The van der Waals surface area contributed by atoms with E-state index in [-0.39, 0.29) is 10.6 Å². The lowest BCUT2D eigenvalue weighted by Crippen LogP contribution is -2.10. The van der Waals surface area contributed by atoms with Crippen molar-refractivity contribution in [3.8, 4) is 22.5 Å². The molecule has 0 fully saturated rings. The molecule has 4 nitrogen and oxygen atoms in total. The van der Waals surface area contributed by atoms with Crippen LogP contribution in [0.3, 0.4) is 0 Å². The van der Waals surface area contributed by atoms with Crippen LogP contribution in [0.1, 0.15) is 34.0 Å². The van der Waals surface area contributed by atoms with Gasteiger partial charge in [0, 0.05) is 39.7 Å². The summed E-state index contributed by atoms with van der Waals surface area (Å²) in [5.41, 5.74) is 5.55. The Bertz CT molecular complexity index is 1400. The molecule has 4 rings (SSSR count). The van der Waals surface area contributed by atoms with Crippen LogP contribution in [0.4, 0.5) is 0 Å². The van der Waals surface area contributed by atoms with Gasteiger partial charge >= 0.3 is 5.97 Å². The fourth-order valence-corrected chi connectivity index (χ4v) is 4.40. The summed E-state index contributed by atoms with van der Waals surface area (Å²) < 4.78 is 6.27. The maximum atomic E-state index is 12.2. The van der Waals surface area contributed by atoms with E-state index in [1.807, 2.05) is 52.0 Å². The number of fused-ring (bicyclic) bond motifs is 2. The molecule has 158 valence electrons. The molecular formula is C25H21Cl2NO3. The van der Waals surface area contributed by atoms with Crippen molar-refractivity contribution in [3.05, 3.63) is 74.1 Å². The molecule has 2 aliphatic rings. The van der Waals surface area contributed by atoms with Gasteiger partial charge in [0.05, 0.1) is 15.9 Å². The molecular weight excluding hydrogens is 433 g/mol. The second-order valence-corrected chi connectivity index (χ2v) is 8.42. The van der Waals surface area contributed by atoms with Crippen molar-refractivity contribution in [2.45, 2.75) is 27.7 Å². The molecule has 0 bridgehead atoms. The van der Waals surface area contributed by atoms with Gasteiger partial charge in [0.1, 0.15) is 11.3 Å². The Kier molecular flexibility index (Phi) is 5.54. The van der Waals surface area contributed by atoms with E-state index in [1.165, 1.54) is 6.07 Å². The second kappa shape index (κ2) is 8.03. The van der Waals surface area contributed by atoms with Gasteiger partial charge in [0.2, 0.25) is 0 Å². The number of rotatable bonds is 3. The highest BCUT2D eigenvalue weighted by atomic mass is 35.5. The minimum Gasteiger partial charge on any atom is -0.478 e. The number of benzene rings is 3. The highest BCUT2D eigenvalue weighted by Gasteiger charge is 2.26. The summed E-state index contributed by atoms with van der Waals surface area (Å²) in [5, 5.41) is 12.0. The minimum atomic E-state index is -1.14. The molecule has 2 aromatic rings. The third-order valence-electron chi connectivity index (χ3n) is 5.55. The van der Waals surface area contributed by atoms with Crippen LogP contribution in [0.25, 0.3) is 33.4 Å². The number of carboxylic acid groups (broad SMARTS) is 1. The van der Waals surface area contributed by atoms with Crippen molar-refractivity contribution in [2.75, 3.05) is 6.54 Å². The van der Waals surface area contributed by atoms with Crippen molar-refractivity contribution < 1.29 is 14.3 Å². The Hall–Kier alpha value is -2.82. The molecule has 0 saturated carbocycles. The van der Waals surface area contributed by atoms with Gasteiger partial charge in [-0.05, 0) is 74.7 Å². The van der Waals surface area contributed by atoms with Gasteiger partial charge in [0.25, 0.3) is 0 Å². The number of nitrogens with zero attached hydrogens (tertiary/aromatic N) is 1. The average molecular weight is 454 g/mol. The van der Waals surface area contributed by atoms with Gasteiger partial charge in [-0.1, -0.05) is 23.2 Å². The summed E-state index contributed by atoms with van der Waals surface area (Å²) in [6, 6.07) is 11.0. The van der Waals surface area contributed by atoms with E-state index < -0.39 is 5.97 Å². The molecule has 6 heteroatoms. The van der Waals surface area contributed by atoms with Crippen LogP contribution in [-0.4, -0.2) is 17.6 Å².